The normalized spacial score (nSPS) is 18.0. The molecule has 1 aromatic heterocycles. The second-order valence-corrected chi connectivity index (χ2v) is 14.6. The molecule has 2 fully saturated rings. The summed E-state index contributed by atoms with van der Waals surface area (Å²) in [6, 6.07) is 13.8. The number of hydrogen-bond acceptors (Lipinski definition) is 9. The van der Waals surface area contributed by atoms with Gasteiger partial charge in [-0.3, -0.25) is 9.78 Å². The number of aromatic nitrogens is 1. The molecule has 2 aliphatic carbocycles. The van der Waals surface area contributed by atoms with E-state index >= 15 is 0 Å². The van der Waals surface area contributed by atoms with Gasteiger partial charge in [-0.15, -0.1) is 0 Å². The van der Waals surface area contributed by atoms with Crippen molar-refractivity contribution in [3.05, 3.63) is 81.6 Å². The van der Waals surface area contributed by atoms with Gasteiger partial charge in [0.25, 0.3) is 0 Å². The first kappa shape index (κ1) is 37.5. The number of nitrogens with one attached hydrogen (secondary N) is 1. The van der Waals surface area contributed by atoms with Gasteiger partial charge in [-0.25, -0.2) is 0 Å². The molecule has 6 N–H and O–H groups in total. The standard InChI is InChI=1S/C37H46Cl2N2O8/c1-36(2,35(47)41-19-30(43)33(45)34(46)31(44)20-42)12-5-6-22-16-29(39)23(17-28(22)38)21-48-37(13-14-37)27-18-40-15-11-25(27)26-7-3-4-8-32(26)49-24-9-10-24/h3-4,7-8,11,15-18,24,30-31,33-34,42-46H,5-6,9-10,12-14,19-21H2,1-2H3,(H,41,47)/t30-,31+,33+,34+/m0/s1. The van der Waals surface area contributed by atoms with Gasteiger partial charge in [0.1, 0.15) is 24.1 Å². The van der Waals surface area contributed by atoms with E-state index in [4.69, 9.17) is 37.8 Å². The molecule has 0 bridgehead atoms. The summed E-state index contributed by atoms with van der Waals surface area (Å²) in [5.41, 5.74) is 3.43. The van der Waals surface area contributed by atoms with Gasteiger partial charge in [-0.2, -0.15) is 0 Å². The average molecular weight is 718 g/mol. The third-order valence-electron chi connectivity index (χ3n) is 9.39. The third-order valence-corrected chi connectivity index (χ3v) is 10.1. The van der Waals surface area contributed by atoms with Crippen LogP contribution in [0.15, 0.2) is 54.9 Å². The molecule has 3 aromatic rings. The number of rotatable bonds is 18. The Hall–Kier alpha value is -2.80. The van der Waals surface area contributed by atoms with Crippen LogP contribution >= 0.6 is 23.2 Å². The molecule has 0 radical (unpaired) electrons. The molecular formula is C37H46Cl2N2O8. The van der Waals surface area contributed by atoms with Crippen molar-refractivity contribution >= 4 is 29.1 Å². The summed E-state index contributed by atoms with van der Waals surface area (Å²) >= 11 is 13.5. The van der Waals surface area contributed by atoms with E-state index in [1.165, 1.54) is 0 Å². The maximum Gasteiger partial charge on any atom is 0.225 e. The Morgan fingerprint density at radius 2 is 1.67 bits per heavy atom. The van der Waals surface area contributed by atoms with Crippen molar-refractivity contribution in [1.29, 1.82) is 0 Å². The zero-order valence-electron chi connectivity index (χ0n) is 27.8. The predicted molar refractivity (Wildman–Crippen MR) is 186 cm³/mol. The molecule has 1 amide bonds. The van der Waals surface area contributed by atoms with E-state index in [-0.39, 0.29) is 25.2 Å². The molecule has 1 heterocycles. The molecule has 12 heteroatoms. The van der Waals surface area contributed by atoms with E-state index < -0.39 is 42.0 Å². The van der Waals surface area contributed by atoms with Crippen LogP contribution in [-0.2, 0) is 28.2 Å². The first-order valence-electron chi connectivity index (χ1n) is 16.8. The molecule has 0 aliphatic heterocycles. The monoisotopic (exact) mass is 716 g/mol. The van der Waals surface area contributed by atoms with Crippen LogP contribution in [0.2, 0.25) is 10.0 Å². The van der Waals surface area contributed by atoms with Crippen LogP contribution in [0.5, 0.6) is 5.75 Å². The molecule has 2 aromatic carbocycles. The summed E-state index contributed by atoms with van der Waals surface area (Å²) in [7, 11) is 0. The molecular weight excluding hydrogens is 671 g/mol. The van der Waals surface area contributed by atoms with Gasteiger partial charge < -0.3 is 40.3 Å². The van der Waals surface area contributed by atoms with Crippen molar-refractivity contribution in [2.45, 2.75) is 102 Å². The zero-order chi connectivity index (χ0) is 35.3. The first-order valence-corrected chi connectivity index (χ1v) is 17.5. The number of ether oxygens (including phenoxy) is 2. The van der Waals surface area contributed by atoms with Gasteiger partial charge in [-0.1, -0.05) is 55.2 Å². The highest BCUT2D eigenvalue weighted by molar-refractivity contribution is 6.34. The van der Waals surface area contributed by atoms with Gasteiger partial charge in [-0.05, 0) is 85.9 Å². The topological polar surface area (TPSA) is 162 Å². The number of pyridine rings is 1. The number of para-hydroxylation sites is 1. The average Bonchev–Trinajstić information content (AvgIpc) is 4.04. The summed E-state index contributed by atoms with van der Waals surface area (Å²) in [6.07, 6.45) is 2.86. The molecule has 0 unspecified atom stereocenters. The Labute approximate surface area is 297 Å². The molecule has 2 aliphatic rings. The number of hydrogen-bond donors (Lipinski definition) is 6. The highest BCUT2D eigenvalue weighted by atomic mass is 35.5. The van der Waals surface area contributed by atoms with E-state index in [1.807, 2.05) is 42.6 Å². The molecule has 5 rings (SSSR count). The van der Waals surface area contributed by atoms with Crippen molar-refractivity contribution in [2.24, 2.45) is 5.41 Å². The summed E-state index contributed by atoms with van der Waals surface area (Å²) in [6.45, 7) is 2.69. The van der Waals surface area contributed by atoms with Gasteiger partial charge in [0.15, 0.2) is 0 Å². The number of carbonyl (C=O) groups is 1. The van der Waals surface area contributed by atoms with Crippen LogP contribution in [0.3, 0.4) is 0 Å². The summed E-state index contributed by atoms with van der Waals surface area (Å²) in [5.74, 6) is 0.520. The largest absolute Gasteiger partial charge is 0.490 e. The number of aliphatic hydroxyl groups excluding tert-OH is 5. The lowest BCUT2D eigenvalue weighted by Gasteiger charge is -2.28. The van der Waals surface area contributed by atoms with E-state index in [9.17, 15) is 25.2 Å². The number of amides is 1. The Bertz CT molecular complexity index is 1600. The maximum atomic E-state index is 12.9. The van der Waals surface area contributed by atoms with Crippen molar-refractivity contribution in [3.63, 3.8) is 0 Å². The van der Waals surface area contributed by atoms with Crippen molar-refractivity contribution in [1.82, 2.24) is 10.3 Å². The molecule has 0 spiro atoms. The minimum Gasteiger partial charge on any atom is -0.490 e. The van der Waals surface area contributed by atoms with Crippen LogP contribution in [0.4, 0.5) is 0 Å². The molecule has 2 saturated carbocycles. The van der Waals surface area contributed by atoms with Crippen LogP contribution < -0.4 is 10.1 Å². The zero-order valence-corrected chi connectivity index (χ0v) is 29.3. The summed E-state index contributed by atoms with van der Waals surface area (Å²) in [5, 5.41) is 52.0. The minimum absolute atomic E-state index is 0.275. The molecule has 10 nitrogen and oxygen atoms in total. The number of benzene rings is 2. The van der Waals surface area contributed by atoms with Crippen LogP contribution in [0.1, 0.15) is 69.1 Å². The van der Waals surface area contributed by atoms with Gasteiger partial charge in [0.2, 0.25) is 5.91 Å². The summed E-state index contributed by atoms with van der Waals surface area (Å²) < 4.78 is 12.8. The number of nitrogens with zero attached hydrogens (tertiary/aromatic N) is 1. The number of carbonyl (C=O) groups excluding carboxylic acids is 1. The van der Waals surface area contributed by atoms with E-state index in [1.54, 1.807) is 20.0 Å². The molecule has 4 atom stereocenters. The fourth-order valence-electron chi connectivity index (χ4n) is 5.86. The van der Waals surface area contributed by atoms with E-state index in [0.717, 1.165) is 59.3 Å². The van der Waals surface area contributed by atoms with E-state index in [2.05, 4.69) is 16.4 Å². The highest BCUT2D eigenvalue weighted by Crippen LogP contribution is 2.53. The fraction of sp³-hybridized carbons (Fsp3) is 0.514. The van der Waals surface area contributed by atoms with E-state index in [0.29, 0.717) is 29.3 Å². The van der Waals surface area contributed by atoms with Crippen LogP contribution in [0, 0.1) is 5.41 Å². The highest BCUT2D eigenvalue weighted by Gasteiger charge is 2.48. The Morgan fingerprint density at radius 1 is 1.00 bits per heavy atom. The van der Waals surface area contributed by atoms with Gasteiger partial charge in [0, 0.05) is 45.5 Å². The van der Waals surface area contributed by atoms with Crippen molar-refractivity contribution in [3.8, 4) is 16.9 Å². The number of aryl methyl sites for hydroxylation is 1. The predicted octanol–water partition coefficient (Wildman–Crippen LogP) is 4.70. The second kappa shape index (κ2) is 16.0. The molecule has 266 valence electrons. The summed E-state index contributed by atoms with van der Waals surface area (Å²) in [4.78, 5) is 17.3. The third kappa shape index (κ3) is 9.31. The van der Waals surface area contributed by atoms with Crippen molar-refractivity contribution in [2.75, 3.05) is 13.2 Å². The Morgan fingerprint density at radius 3 is 2.37 bits per heavy atom. The van der Waals surface area contributed by atoms with Crippen LogP contribution in [-0.4, -0.2) is 80.1 Å². The lowest BCUT2D eigenvalue weighted by atomic mass is 9.85. The lowest BCUT2D eigenvalue weighted by Crippen LogP contribution is -2.50. The quantitative estimate of drug-likeness (QED) is 0.110. The van der Waals surface area contributed by atoms with Gasteiger partial charge >= 0.3 is 0 Å². The SMILES string of the molecule is CC(C)(CCCc1cc(Cl)c(COC2(c3cnccc3-c3ccccc3OC3CC3)CC2)cc1Cl)C(=O)NC[C@H](O)[C@@H](O)[C@H](O)[C@H](O)CO. The van der Waals surface area contributed by atoms with Crippen molar-refractivity contribution < 1.29 is 39.8 Å². The van der Waals surface area contributed by atoms with Gasteiger partial charge in [0.05, 0.1) is 31.0 Å². The fourth-order valence-corrected chi connectivity index (χ4v) is 6.38. The molecule has 49 heavy (non-hydrogen) atoms. The number of halogens is 2. The number of aliphatic hydroxyl groups is 5. The molecule has 0 saturated heterocycles. The first-order chi connectivity index (χ1) is 23.3. The smallest absolute Gasteiger partial charge is 0.225 e. The Kier molecular flexibility index (Phi) is 12.3. The maximum absolute atomic E-state index is 12.9. The van der Waals surface area contributed by atoms with Crippen LogP contribution in [0.25, 0.3) is 11.1 Å². The lowest BCUT2D eigenvalue weighted by molar-refractivity contribution is -0.133. The second-order valence-electron chi connectivity index (χ2n) is 13.8. The minimum atomic E-state index is -1.76. The Balaban J connectivity index is 1.16.